The number of hydrogen-bond donors (Lipinski definition) is 1. The molecule has 76 valence electrons. The summed E-state index contributed by atoms with van der Waals surface area (Å²) >= 11 is 0. The average Bonchev–Trinajstić information content (AvgIpc) is 2.19. The van der Waals surface area contributed by atoms with Gasteiger partial charge in [0.25, 0.3) is 0 Å². The number of benzene rings is 1. The molecule has 1 unspecified atom stereocenters. The van der Waals surface area contributed by atoms with Gasteiger partial charge in [-0.2, -0.15) is 0 Å². The first-order valence-corrected chi connectivity index (χ1v) is 5.15. The third kappa shape index (κ3) is 2.34. The van der Waals surface area contributed by atoms with E-state index in [1.54, 1.807) is 0 Å². The molecule has 1 aromatic carbocycles. The number of rotatable bonds is 2. The summed E-state index contributed by atoms with van der Waals surface area (Å²) in [5.74, 6) is 0. The Morgan fingerprint density at radius 3 is 2.79 bits per heavy atom. The highest BCUT2D eigenvalue weighted by Crippen LogP contribution is 2.15. The van der Waals surface area contributed by atoms with Crippen LogP contribution < -0.4 is 5.32 Å². The smallest absolute Gasteiger partial charge is 0.0649 e. The minimum Gasteiger partial charge on any atom is -0.378 e. The van der Waals surface area contributed by atoms with Crippen LogP contribution in [0.2, 0.25) is 0 Å². The third-order valence-corrected chi connectivity index (χ3v) is 2.66. The van der Waals surface area contributed by atoms with Crippen molar-refractivity contribution in [2.45, 2.75) is 18.9 Å². The Hall–Kier alpha value is -0.860. The van der Waals surface area contributed by atoms with Crippen LogP contribution in [0.4, 0.5) is 0 Å². The zero-order valence-corrected chi connectivity index (χ0v) is 8.62. The maximum atomic E-state index is 5.49. The Morgan fingerprint density at radius 2 is 2.14 bits per heavy atom. The van der Waals surface area contributed by atoms with E-state index in [9.17, 15) is 0 Å². The SMILES string of the molecule is CC1(Cc2ccccc2)COCCN1. The van der Waals surface area contributed by atoms with Crippen LogP contribution in [0, 0.1) is 0 Å². The standard InChI is InChI=1S/C12H17NO/c1-12(10-14-8-7-13-12)9-11-5-3-2-4-6-11/h2-6,13H,7-10H2,1H3. The Labute approximate surface area is 85.3 Å². The van der Waals surface area contributed by atoms with Gasteiger partial charge in [-0.15, -0.1) is 0 Å². The molecule has 1 aliphatic rings. The van der Waals surface area contributed by atoms with E-state index in [1.165, 1.54) is 5.56 Å². The maximum Gasteiger partial charge on any atom is 0.0649 e. The second kappa shape index (κ2) is 4.11. The van der Waals surface area contributed by atoms with E-state index in [1.807, 2.05) is 0 Å². The first-order valence-electron chi connectivity index (χ1n) is 5.15. The van der Waals surface area contributed by atoms with Crippen LogP contribution in [0.1, 0.15) is 12.5 Å². The quantitative estimate of drug-likeness (QED) is 0.766. The summed E-state index contributed by atoms with van der Waals surface area (Å²) in [7, 11) is 0. The largest absolute Gasteiger partial charge is 0.378 e. The van der Waals surface area contributed by atoms with Crippen molar-refractivity contribution in [2.24, 2.45) is 0 Å². The summed E-state index contributed by atoms with van der Waals surface area (Å²) in [6.07, 6.45) is 1.04. The van der Waals surface area contributed by atoms with Gasteiger partial charge >= 0.3 is 0 Å². The van der Waals surface area contributed by atoms with Crippen molar-refractivity contribution < 1.29 is 4.74 Å². The molecule has 2 rings (SSSR count). The van der Waals surface area contributed by atoms with Crippen LogP contribution in [0.5, 0.6) is 0 Å². The molecule has 1 fully saturated rings. The van der Waals surface area contributed by atoms with E-state index in [0.717, 1.165) is 26.2 Å². The fourth-order valence-electron chi connectivity index (χ4n) is 1.93. The second-order valence-corrected chi connectivity index (χ2v) is 4.20. The van der Waals surface area contributed by atoms with Crippen LogP contribution in [-0.2, 0) is 11.2 Å². The molecule has 0 aliphatic carbocycles. The monoisotopic (exact) mass is 191 g/mol. The predicted octanol–water partition coefficient (Wildman–Crippen LogP) is 1.61. The molecule has 2 heteroatoms. The fourth-order valence-corrected chi connectivity index (χ4v) is 1.93. The highest BCUT2D eigenvalue weighted by atomic mass is 16.5. The summed E-state index contributed by atoms with van der Waals surface area (Å²) in [4.78, 5) is 0. The van der Waals surface area contributed by atoms with E-state index in [2.05, 4.69) is 42.6 Å². The lowest BCUT2D eigenvalue weighted by Crippen LogP contribution is -2.53. The highest BCUT2D eigenvalue weighted by Gasteiger charge is 2.26. The van der Waals surface area contributed by atoms with E-state index in [-0.39, 0.29) is 5.54 Å². The van der Waals surface area contributed by atoms with Gasteiger partial charge in [0, 0.05) is 12.1 Å². The van der Waals surface area contributed by atoms with Crippen molar-refractivity contribution in [1.82, 2.24) is 5.32 Å². The zero-order valence-electron chi connectivity index (χ0n) is 8.62. The summed E-state index contributed by atoms with van der Waals surface area (Å²) in [5, 5.41) is 3.52. The maximum absolute atomic E-state index is 5.49. The van der Waals surface area contributed by atoms with Crippen LogP contribution in [0.25, 0.3) is 0 Å². The van der Waals surface area contributed by atoms with E-state index in [4.69, 9.17) is 4.74 Å². The van der Waals surface area contributed by atoms with Gasteiger partial charge in [-0.3, -0.25) is 0 Å². The first-order chi connectivity index (χ1) is 6.79. The minimum atomic E-state index is 0.111. The lowest BCUT2D eigenvalue weighted by Gasteiger charge is -2.35. The number of nitrogens with one attached hydrogen (secondary N) is 1. The predicted molar refractivity (Wildman–Crippen MR) is 57.4 cm³/mol. The molecule has 2 nitrogen and oxygen atoms in total. The molecule has 1 atom stereocenters. The van der Waals surface area contributed by atoms with Crippen LogP contribution in [0.3, 0.4) is 0 Å². The van der Waals surface area contributed by atoms with Crippen molar-refractivity contribution >= 4 is 0 Å². The van der Waals surface area contributed by atoms with Crippen LogP contribution in [-0.4, -0.2) is 25.3 Å². The van der Waals surface area contributed by atoms with Gasteiger partial charge in [-0.05, 0) is 18.9 Å². The van der Waals surface area contributed by atoms with Gasteiger partial charge in [0.1, 0.15) is 0 Å². The van der Waals surface area contributed by atoms with E-state index >= 15 is 0 Å². The van der Waals surface area contributed by atoms with Crippen LogP contribution >= 0.6 is 0 Å². The Kier molecular flexibility index (Phi) is 2.85. The summed E-state index contributed by atoms with van der Waals surface area (Å²) in [6.45, 7) is 4.83. The topological polar surface area (TPSA) is 21.3 Å². The van der Waals surface area contributed by atoms with E-state index < -0.39 is 0 Å². The molecule has 1 saturated heterocycles. The van der Waals surface area contributed by atoms with Gasteiger partial charge in [-0.25, -0.2) is 0 Å². The molecule has 0 aromatic heterocycles. The third-order valence-electron chi connectivity index (χ3n) is 2.66. The van der Waals surface area contributed by atoms with Crippen molar-refractivity contribution in [1.29, 1.82) is 0 Å². The summed E-state index contributed by atoms with van der Waals surface area (Å²) in [5.41, 5.74) is 1.48. The normalized spacial score (nSPS) is 27.5. The van der Waals surface area contributed by atoms with Gasteiger partial charge in [0.15, 0.2) is 0 Å². The van der Waals surface area contributed by atoms with Gasteiger partial charge in [0.2, 0.25) is 0 Å². The molecule has 0 saturated carbocycles. The molecule has 1 aromatic rings. The van der Waals surface area contributed by atoms with Gasteiger partial charge < -0.3 is 10.1 Å². The molecule has 1 N–H and O–H groups in total. The minimum absolute atomic E-state index is 0.111. The summed E-state index contributed by atoms with van der Waals surface area (Å²) in [6, 6.07) is 10.6. The Balaban J connectivity index is 2.02. The molecule has 0 bridgehead atoms. The molecule has 1 heterocycles. The Bertz CT molecular complexity index is 278. The van der Waals surface area contributed by atoms with Gasteiger partial charge in [0.05, 0.1) is 13.2 Å². The molecular formula is C12H17NO. The van der Waals surface area contributed by atoms with Crippen molar-refractivity contribution in [2.75, 3.05) is 19.8 Å². The Morgan fingerprint density at radius 1 is 1.36 bits per heavy atom. The van der Waals surface area contributed by atoms with Crippen molar-refractivity contribution in [3.8, 4) is 0 Å². The van der Waals surface area contributed by atoms with Gasteiger partial charge in [-0.1, -0.05) is 30.3 Å². The molecule has 0 radical (unpaired) electrons. The van der Waals surface area contributed by atoms with Crippen LogP contribution in [0.15, 0.2) is 30.3 Å². The lowest BCUT2D eigenvalue weighted by molar-refractivity contribution is 0.0356. The molecule has 0 amide bonds. The number of morpholine rings is 1. The molecule has 14 heavy (non-hydrogen) atoms. The molecule has 1 aliphatic heterocycles. The van der Waals surface area contributed by atoms with Crippen molar-refractivity contribution in [3.63, 3.8) is 0 Å². The zero-order chi connectivity index (χ0) is 9.86. The fraction of sp³-hybridized carbons (Fsp3) is 0.500. The average molecular weight is 191 g/mol. The molecule has 0 spiro atoms. The lowest BCUT2D eigenvalue weighted by atomic mass is 9.93. The second-order valence-electron chi connectivity index (χ2n) is 4.20. The highest BCUT2D eigenvalue weighted by molar-refractivity contribution is 5.17. The summed E-state index contributed by atoms with van der Waals surface area (Å²) < 4.78 is 5.49. The molecular weight excluding hydrogens is 174 g/mol. The number of ether oxygens (including phenoxy) is 1. The first kappa shape index (κ1) is 9.69. The van der Waals surface area contributed by atoms with Crippen molar-refractivity contribution in [3.05, 3.63) is 35.9 Å². The van der Waals surface area contributed by atoms with E-state index in [0.29, 0.717) is 0 Å². The number of hydrogen-bond acceptors (Lipinski definition) is 2.